The van der Waals surface area contributed by atoms with Crippen molar-refractivity contribution in [3.8, 4) is 89.0 Å². The molecule has 2 heteroatoms. The lowest BCUT2D eigenvalue weighted by Gasteiger charge is -2.21. The van der Waals surface area contributed by atoms with Crippen LogP contribution < -0.4 is 0 Å². The molecule has 2 heterocycles. The van der Waals surface area contributed by atoms with Crippen molar-refractivity contribution in [1.82, 2.24) is 0 Å². The van der Waals surface area contributed by atoms with E-state index in [0.29, 0.717) is 27.8 Å². The summed E-state index contributed by atoms with van der Waals surface area (Å²) < 4.78 is 202. The number of fused-ring (bicyclic) bond motifs is 15. The molecule has 1 aliphatic rings. The summed E-state index contributed by atoms with van der Waals surface area (Å²) in [5, 5.41) is 7.75. The topological polar surface area (TPSA) is 26.3 Å². The molecule has 0 radical (unpaired) electrons. The first-order valence-corrected chi connectivity index (χ1v) is 34.6. The van der Waals surface area contributed by atoms with E-state index in [9.17, 15) is 11.0 Å². The maximum absolute atomic E-state index is 9.44. The van der Waals surface area contributed by atoms with E-state index in [1.54, 1.807) is 12.1 Å². The molecular formula is C103H64O2. The zero-order chi connectivity index (χ0) is 87.3. The summed E-state index contributed by atoms with van der Waals surface area (Å²) in [4.78, 5) is 0. The lowest BCUT2D eigenvalue weighted by atomic mass is 9.81. The fourth-order valence-electron chi connectivity index (χ4n) is 16.4. The van der Waals surface area contributed by atoms with Crippen molar-refractivity contribution in [3.63, 3.8) is 0 Å². The normalized spacial score (nSPS) is 15.0. The molecule has 0 N–H and O–H groups in total. The van der Waals surface area contributed by atoms with Crippen molar-refractivity contribution in [1.29, 1.82) is 0 Å². The highest BCUT2D eigenvalue weighted by molar-refractivity contribution is 6.25. The summed E-state index contributed by atoms with van der Waals surface area (Å²) in [5.74, 6) is -0.185. The van der Waals surface area contributed by atoms with Gasteiger partial charge in [0, 0.05) is 33.0 Å². The molecule has 105 heavy (non-hydrogen) atoms. The van der Waals surface area contributed by atoms with Gasteiger partial charge < -0.3 is 8.83 Å². The van der Waals surface area contributed by atoms with Gasteiger partial charge in [0.15, 0.2) is 0 Å². The lowest BCUT2D eigenvalue weighted by Crippen LogP contribution is -2.03. The minimum absolute atomic E-state index is 0.0758. The first-order chi connectivity index (χ1) is 60.9. The summed E-state index contributed by atoms with van der Waals surface area (Å²) in [6, 6.07) is 72.5. The predicted molar refractivity (Wildman–Crippen MR) is 443 cm³/mol. The Morgan fingerprint density at radius 3 is 1.04 bits per heavy atom. The number of para-hydroxylation sites is 2. The van der Waals surface area contributed by atoms with Crippen LogP contribution in [-0.4, -0.2) is 0 Å². The molecule has 0 fully saturated rings. The number of hydrogen-bond acceptors (Lipinski definition) is 2. The van der Waals surface area contributed by atoms with Gasteiger partial charge in [-0.05, 0) is 189 Å². The van der Waals surface area contributed by atoms with E-state index in [4.69, 9.17) is 26.7 Å². The third kappa shape index (κ3) is 9.65. The molecule has 0 aliphatic heterocycles. The fraction of sp³-hybridized carbons (Fsp3) is 0.00971. The Labute approximate surface area is 636 Å². The van der Waals surface area contributed by atoms with E-state index in [-0.39, 0.29) is 84.3 Å². The smallest absolute Gasteiger partial charge is 0.136 e. The van der Waals surface area contributed by atoms with Gasteiger partial charge in [0.25, 0.3) is 0 Å². The van der Waals surface area contributed by atoms with E-state index in [2.05, 4.69) is 72.8 Å². The lowest BCUT2D eigenvalue weighted by molar-refractivity contribution is 0.668. The zero-order valence-corrected chi connectivity index (χ0v) is 55.6. The van der Waals surface area contributed by atoms with Gasteiger partial charge in [-0.3, -0.25) is 0 Å². The molecule has 0 bridgehead atoms. The molecule has 1 aliphatic carbocycles. The van der Waals surface area contributed by atoms with Crippen LogP contribution in [0.4, 0.5) is 0 Å². The van der Waals surface area contributed by atoms with Gasteiger partial charge in [0.05, 0.1) is 28.8 Å². The molecular weight excluding hydrogens is 1270 g/mol. The first kappa shape index (κ1) is 42.6. The minimum Gasteiger partial charge on any atom is -0.456 e. The van der Waals surface area contributed by atoms with Gasteiger partial charge in [0.1, 0.15) is 22.3 Å². The van der Waals surface area contributed by atoms with Gasteiger partial charge in [0.2, 0.25) is 0 Å². The Morgan fingerprint density at radius 2 is 0.543 bits per heavy atom. The highest BCUT2D eigenvalue weighted by Gasteiger charge is 2.34. The summed E-state index contributed by atoms with van der Waals surface area (Å²) in [5.41, 5.74) is 15.7. The van der Waals surface area contributed by atoms with Crippen LogP contribution in [0.25, 0.3) is 198 Å². The molecule has 0 saturated carbocycles. The monoisotopic (exact) mass is 1350 g/mol. The Morgan fingerprint density at radius 1 is 0.200 bits per heavy atom. The average Bonchev–Trinajstić information content (AvgIpc) is 1.51. The number of rotatable bonds is 8. The molecule has 0 atom stereocenters. The quantitative estimate of drug-likeness (QED) is 0.142. The van der Waals surface area contributed by atoms with Crippen molar-refractivity contribution in [3.05, 3.63) is 398 Å². The van der Waals surface area contributed by atoms with E-state index in [1.165, 1.54) is 0 Å². The summed E-state index contributed by atoms with van der Waals surface area (Å²) in [7, 11) is 0. The van der Waals surface area contributed by atoms with Crippen molar-refractivity contribution in [2.45, 2.75) is 5.92 Å². The summed E-state index contributed by atoms with van der Waals surface area (Å²) in [6.45, 7) is 0. The van der Waals surface area contributed by atoms with Crippen LogP contribution in [-0.2, 0) is 0 Å². The van der Waals surface area contributed by atoms with Crippen LogP contribution in [0, 0.1) is 0 Å². The second-order valence-electron chi connectivity index (χ2n) is 26.3. The van der Waals surface area contributed by atoms with Gasteiger partial charge >= 0.3 is 0 Å². The van der Waals surface area contributed by atoms with E-state index >= 15 is 0 Å². The van der Waals surface area contributed by atoms with E-state index in [1.807, 2.05) is 170 Å². The molecule has 0 spiro atoms. The second-order valence-corrected chi connectivity index (χ2v) is 26.3. The third-order valence-electron chi connectivity index (χ3n) is 20.8. The maximum atomic E-state index is 9.44. The Bertz CT molecular complexity index is 8180. The van der Waals surface area contributed by atoms with Gasteiger partial charge in [-0.2, -0.15) is 0 Å². The molecule has 0 amide bonds. The molecule has 0 unspecified atom stereocenters. The molecule has 2 aromatic heterocycles. The maximum Gasteiger partial charge on any atom is 0.136 e. The average molecular weight is 1350 g/mol. The predicted octanol–water partition coefficient (Wildman–Crippen LogP) is 28.9. The van der Waals surface area contributed by atoms with Crippen molar-refractivity contribution in [2.75, 3.05) is 0 Å². The third-order valence-corrected chi connectivity index (χ3v) is 20.8. The largest absolute Gasteiger partial charge is 0.456 e. The number of furan rings is 2. The Hall–Kier alpha value is -13.7. The summed E-state index contributed by atoms with van der Waals surface area (Å²) in [6.07, 6.45) is 0. The van der Waals surface area contributed by atoms with Crippen LogP contribution in [0.15, 0.2) is 391 Å². The van der Waals surface area contributed by atoms with Crippen LogP contribution in [0.2, 0.25) is 0 Å². The summed E-state index contributed by atoms with van der Waals surface area (Å²) >= 11 is 0. The van der Waals surface area contributed by atoms with Crippen molar-refractivity contribution in [2.24, 2.45) is 0 Å². The molecule has 21 aromatic rings. The molecule has 488 valence electrons. The first-order valence-electron chi connectivity index (χ1n) is 45.1. The van der Waals surface area contributed by atoms with E-state index < -0.39 is 108 Å². The van der Waals surface area contributed by atoms with Gasteiger partial charge in [-0.15, -0.1) is 0 Å². The van der Waals surface area contributed by atoms with Gasteiger partial charge in [-0.25, -0.2) is 0 Å². The Kier molecular flexibility index (Phi) is 9.96. The molecule has 22 rings (SSSR count). The van der Waals surface area contributed by atoms with Crippen molar-refractivity contribution >= 4 is 109 Å². The van der Waals surface area contributed by atoms with Gasteiger partial charge in [-0.1, -0.05) is 357 Å². The zero-order valence-electron chi connectivity index (χ0n) is 76.6. The van der Waals surface area contributed by atoms with Crippen LogP contribution in [0.1, 0.15) is 51.4 Å². The SMILES string of the molecule is [2H]c1c([2H])c([2H])c(-c2c3c([2H])c([2H])c([2H])c([2H])c3c(-c3ccc(-c4ccc5oc6ccccc6c5c4C4c5ccccc5-c5ccccc54)cc3)c3c([2H])c([2H])c([2H])c([2H])c23)c([2H])c1[2H].[2H]c1c([2H])c([2H])c2c(-c3cccc4ccccc34)c3c([2H])c([2H])c([2H])c([2H])c3c(-c3ccc(-c4ccc5oc6ccccc6c5c4-c4cccc5ccccc45)cc3)c2c1[2H]. The van der Waals surface area contributed by atoms with Crippen molar-refractivity contribution < 1.29 is 37.6 Å². The second kappa shape index (κ2) is 24.6. The van der Waals surface area contributed by atoms with E-state index in [0.717, 1.165) is 127 Å². The number of hydrogen-bond donors (Lipinski definition) is 0. The standard InChI is InChI=1S/C52H32O.C51H32O/c1-3-17-37-33(13-1)15-11-24-40(37)50-44-21-7-5-19-42(44)49(43-20-6-8-22-45(43)50)36-29-27-35(28-30-36)39-31-32-48-52(46-23-9-10-26-47(46)53-48)51(39)41-25-12-16-34-14-2-4-18-38(34)41;1-2-14-33(15-3-1)47-40-20-8-10-22-42(40)48(43-23-11-9-21-41(43)47)34-28-26-32(27-29-34)35-30-31-46-50(44-24-12-13-25-45(44)52-46)51(35)49-38-18-6-4-16-36(38)37-17-5-7-19-39(37)49/h1-32H;1-31,49H/i5D,6D,7D,8D,19D,20D,21D,22D;1D,2D,3D,8D,9D,10D,11D,14D,15D,20D,21D,22D,23D. The number of benzene rings is 19. The fourth-order valence-corrected chi connectivity index (χ4v) is 16.4. The molecule has 2 nitrogen and oxygen atoms in total. The van der Waals surface area contributed by atoms with Crippen LogP contribution >= 0.6 is 0 Å². The highest BCUT2D eigenvalue weighted by atomic mass is 16.3. The highest BCUT2D eigenvalue weighted by Crippen LogP contribution is 2.55. The Balaban J connectivity index is 0.000000154. The van der Waals surface area contributed by atoms with Crippen LogP contribution in [0.3, 0.4) is 0 Å². The van der Waals surface area contributed by atoms with Crippen LogP contribution in [0.5, 0.6) is 0 Å². The minimum atomic E-state index is -0.714. The molecule has 19 aromatic carbocycles. The molecule has 0 saturated heterocycles.